The number of nitrogens with two attached hydrogens (primary N) is 1. The van der Waals surface area contributed by atoms with Crippen molar-refractivity contribution in [2.75, 3.05) is 6.54 Å². The van der Waals surface area contributed by atoms with Crippen LogP contribution in [0.25, 0.3) is 0 Å². The Bertz CT molecular complexity index is 503. The monoisotopic (exact) mass is 366 g/mol. The number of carbonyl (C=O) groups is 1. The van der Waals surface area contributed by atoms with Crippen molar-refractivity contribution in [2.45, 2.75) is 32.5 Å². The molecule has 21 heavy (non-hydrogen) atoms. The van der Waals surface area contributed by atoms with E-state index >= 15 is 0 Å². The fourth-order valence-electron chi connectivity index (χ4n) is 1.92. The Kier molecular flexibility index (Phi) is 6.22. The normalized spacial score (nSPS) is 13.3. The average Bonchev–Trinajstić information content (AvgIpc) is 2.36. The first-order chi connectivity index (χ1) is 9.65. The van der Waals surface area contributed by atoms with Crippen molar-refractivity contribution in [1.82, 2.24) is 5.32 Å². The quantitative estimate of drug-likeness (QED) is 0.836. The second-order valence-electron chi connectivity index (χ2n) is 5.23. The summed E-state index contributed by atoms with van der Waals surface area (Å²) in [5, 5.41) is 2.67. The zero-order valence-electron chi connectivity index (χ0n) is 11.8. The van der Waals surface area contributed by atoms with Gasteiger partial charge in [0.2, 0.25) is 0 Å². The van der Waals surface area contributed by atoms with Crippen LogP contribution in [0, 0.1) is 5.92 Å². The molecule has 1 aromatic carbocycles. The summed E-state index contributed by atoms with van der Waals surface area (Å²) in [5.74, 6) is -0.243. The van der Waals surface area contributed by atoms with E-state index < -0.39 is 17.6 Å². The molecule has 0 aromatic heterocycles. The second kappa shape index (κ2) is 7.26. The van der Waals surface area contributed by atoms with Gasteiger partial charge in [0.25, 0.3) is 5.91 Å². The summed E-state index contributed by atoms with van der Waals surface area (Å²) in [6, 6.07) is 2.72. The van der Waals surface area contributed by atoms with Crippen LogP contribution in [0.3, 0.4) is 0 Å². The van der Waals surface area contributed by atoms with E-state index in [0.29, 0.717) is 16.8 Å². The van der Waals surface area contributed by atoms with Crippen LogP contribution in [0.4, 0.5) is 13.2 Å². The molecule has 7 heteroatoms. The predicted octanol–water partition coefficient (Wildman–Crippen LogP) is 3.57. The van der Waals surface area contributed by atoms with E-state index in [0.717, 1.165) is 12.1 Å². The van der Waals surface area contributed by atoms with Gasteiger partial charge in [0.05, 0.1) is 11.1 Å². The van der Waals surface area contributed by atoms with Crippen LogP contribution in [0.2, 0.25) is 0 Å². The van der Waals surface area contributed by atoms with Crippen LogP contribution < -0.4 is 11.1 Å². The molecular formula is C14H18BrF3N2O. The van der Waals surface area contributed by atoms with Crippen molar-refractivity contribution < 1.29 is 18.0 Å². The topological polar surface area (TPSA) is 55.1 Å². The van der Waals surface area contributed by atoms with Crippen molar-refractivity contribution in [1.29, 1.82) is 0 Å². The Hall–Kier alpha value is -1.08. The first-order valence-electron chi connectivity index (χ1n) is 6.52. The van der Waals surface area contributed by atoms with E-state index in [-0.39, 0.29) is 18.2 Å². The first kappa shape index (κ1) is 18.0. The van der Waals surface area contributed by atoms with Gasteiger partial charge in [-0.2, -0.15) is 13.2 Å². The summed E-state index contributed by atoms with van der Waals surface area (Å²) in [6.45, 7) is 4.20. The van der Waals surface area contributed by atoms with Crippen LogP contribution in [-0.2, 0) is 6.18 Å². The number of hydrogen-bond donors (Lipinski definition) is 2. The molecule has 0 aliphatic carbocycles. The van der Waals surface area contributed by atoms with Gasteiger partial charge in [-0.05, 0) is 46.5 Å². The molecule has 0 saturated heterocycles. The molecule has 0 bridgehead atoms. The largest absolute Gasteiger partial charge is 0.416 e. The van der Waals surface area contributed by atoms with Crippen LogP contribution in [0.15, 0.2) is 22.7 Å². The number of halogens is 4. The molecule has 0 aliphatic rings. The third-order valence-electron chi connectivity index (χ3n) is 2.91. The number of benzene rings is 1. The van der Waals surface area contributed by atoms with Crippen LogP contribution >= 0.6 is 15.9 Å². The van der Waals surface area contributed by atoms with E-state index in [1.54, 1.807) is 0 Å². The molecule has 0 aliphatic heterocycles. The van der Waals surface area contributed by atoms with Crippen LogP contribution in [0.5, 0.6) is 0 Å². The number of nitrogens with one attached hydrogen (secondary N) is 1. The fraction of sp³-hybridized carbons (Fsp3) is 0.500. The predicted molar refractivity (Wildman–Crippen MR) is 78.9 cm³/mol. The zero-order chi connectivity index (χ0) is 16.2. The molecule has 0 saturated carbocycles. The molecule has 3 N–H and O–H groups in total. The number of amides is 1. The first-order valence-corrected chi connectivity index (χ1v) is 7.32. The molecule has 0 radical (unpaired) electrons. The van der Waals surface area contributed by atoms with Gasteiger partial charge < -0.3 is 11.1 Å². The molecular weight excluding hydrogens is 349 g/mol. The van der Waals surface area contributed by atoms with E-state index in [1.165, 1.54) is 6.07 Å². The highest BCUT2D eigenvalue weighted by molar-refractivity contribution is 9.10. The fourth-order valence-corrected chi connectivity index (χ4v) is 2.35. The van der Waals surface area contributed by atoms with Gasteiger partial charge in [-0.1, -0.05) is 13.8 Å². The summed E-state index contributed by atoms with van der Waals surface area (Å²) in [6.07, 6.45) is -3.82. The maximum atomic E-state index is 12.7. The third-order valence-corrected chi connectivity index (χ3v) is 3.61. The molecule has 0 spiro atoms. The standard InChI is InChI=1S/C14H18BrF3N2O/c1-8(2)5-10(7-19)20-13(21)11-6-9(14(16,17)18)3-4-12(11)15/h3-4,6,8,10H,5,7,19H2,1-2H3,(H,20,21). The molecule has 1 unspecified atom stereocenters. The van der Waals surface area contributed by atoms with Crippen molar-refractivity contribution in [3.8, 4) is 0 Å². The Morgan fingerprint density at radius 1 is 1.38 bits per heavy atom. The molecule has 3 nitrogen and oxygen atoms in total. The van der Waals surface area contributed by atoms with Gasteiger partial charge in [-0.25, -0.2) is 0 Å². The third kappa shape index (κ3) is 5.32. The van der Waals surface area contributed by atoms with Gasteiger partial charge >= 0.3 is 6.18 Å². The van der Waals surface area contributed by atoms with Gasteiger partial charge in [-0.3, -0.25) is 4.79 Å². The lowest BCUT2D eigenvalue weighted by atomic mass is 10.0. The van der Waals surface area contributed by atoms with E-state index in [9.17, 15) is 18.0 Å². The average molecular weight is 367 g/mol. The van der Waals surface area contributed by atoms with Gasteiger partial charge in [0, 0.05) is 17.1 Å². The minimum atomic E-state index is -4.49. The smallest absolute Gasteiger partial charge is 0.348 e. The lowest BCUT2D eigenvalue weighted by Gasteiger charge is -2.19. The summed E-state index contributed by atoms with van der Waals surface area (Å²) < 4.78 is 38.4. The van der Waals surface area contributed by atoms with Crippen molar-refractivity contribution in [2.24, 2.45) is 11.7 Å². The lowest BCUT2D eigenvalue weighted by molar-refractivity contribution is -0.137. The molecule has 0 heterocycles. The highest BCUT2D eigenvalue weighted by Crippen LogP contribution is 2.31. The Labute approximate surface area is 130 Å². The summed E-state index contributed by atoms with van der Waals surface area (Å²) in [7, 11) is 0. The zero-order valence-corrected chi connectivity index (χ0v) is 13.4. The van der Waals surface area contributed by atoms with Gasteiger partial charge in [0.15, 0.2) is 0 Å². The second-order valence-corrected chi connectivity index (χ2v) is 6.08. The highest BCUT2D eigenvalue weighted by Gasteiger charge is 2.31. The van der Waals surface area contributed by atoms with Gasteiger partial charge in [0.1, 0.15) is 0 Å². The van der Waals surface area contributed by atoms with E-state index in [1.807, 2.05) is 13.8 Å². The maximum absolute atomic E-state index is 12.7. The lowest BCUT2D eigenvalue weighted by Crippen LogP contribution is -2.41. The van der Waals surface area contributed by atoms with Gasteiger partial charge in [-0.15, -0.1) is 0 Å². The molecule has 1 aromatic rings. The molecule has 0 fully saturated rings. The molecule has 118 valence electrons. The Morgan fingerprint density at radius 3 is 2.48 bits per heavy atom. The van der Waals surface area contributed by atoms with Crippen molar-refractivity contribution >= 4 is 21.8 Å². The van der Waals surface area contributed by atoms with E-state index in [4.69, 9.17) is 5.73 Å². The number of alkyl halides is 3. The minimum Gasteiger partial charge on any atom is -0.348 e. The minimum absolute atomic E-state index is 0.0490. The van der Waals surface area contributed by atoms with E-state index in [2.05, 4.69) is 21.2 Å². The Balaban J connectivity index is 2.96. The maximum Gasteiger partial charge on any atom is 0.416 e. The van der Waals surface area contributed by atoms with Crippen LogP contribution in [0.1, 0.15) is 36.2 Å². The molecule has 1 atom stereocenters. The number of carbonyl (C=O) groups excluding carboxylic acids is 1. The summed E-state index contributed by atoms with van der Waals surface area (Å²) in [4.78, 5) is 12.1. The number of hydrogen-bond acceptors (Lipinski definition) is 2. The van der Waals surface area contributed by atoms with Crippen molar-refractivity contribution in [3.05, 3.63) is 33.8 Å². The summed E-state index contributed by atoms with van der Waals surface area (Å²) in [5.41, 5.74) is 4.67. The highest BCUT2D eigenvalue weighted by atomic mass is 79.9. The SMILES string of the molecule is CC(C)CC(CN)NC(=O)c1cc(C(F)(F)F)ccc1Br. The number of rotatable bonds is 5. The Morgan fingerprint density at radius 2 is 2.00 bits per heavy atom. The van der Waals surface area contributed by atoms with Crippen molar-refractivity contribution in [3.63, 3.8) is 0 Å². The van der Waals surface area contributed by atoms with Crippen LogP contribution in [-0.4, -0.2) is 18.5 Å². The molecule has 1 rings (SSSR count). The molecule has 1 amide bonds. The summed E-state index contributed by atoms with van der Waals surface area (Å²) >= 11 is 3.10.